The molecule has 0 aliphatic carbocycles. The summed E-state index contributed by atoms with van der Waals surface area (Å²) in [5.41, 5.74) is 1.58. The number of hydrogen-bond acceptors (Lipinski definition) is 3. The first-order valence-corrected chi connectivity index (χ1v) is 7.08. The maximum Gasteiger partial charge on any atom is 0.416 e. The van der Waals surface area contributed by atoms with E-state index in [1.807, 2.05) is 24.1 Å². The summed E-state index contributed by atoms with van der Waals surface area (Å²) in [5.74, 6) is 0. The third kappa shape index (κ3) is 5.08. The third-order valence-electron chi connectivity index (χ3n) is 3.45. The second-order valence-corrected chi connectivity index (χ2v) is 5.34. The van der Waals surface area contributed by atoms with E-state index in [9.17, 15) is 13.2 Å². The SMILES string of the molecule is CN(CCc1ccc(C(F)(F)F)cc1)Cc1ccnc(C#N)c1. The minimum atomic E-state index is -4.30. The van der Waals surface area contributed by atoms with Crippen LogP contribution in [-0.2, 0) is 19.1 Å². The van der Waals surface area contributed by atoms with Crippen molar-refractivity contribution in [2.45, 2.75) is 19.1 Å². The molecule has 0 unspecified atom stereocenters. The second-order valence-electron chi connectivity index (χ2n) is 5.34. The van der Waals surface area contributed by atoms with Gasteiger partial charge < -0.3 is 4.90 Å². The molecule has 0 atom stereocenters. The lowest BCUT2D eigenvalue weighted by Crippen LogP contribution is -2.20. The molecule has 1 heterocycles. The smallest absolute Gasteiger partial charge is 0.302 e. The number of halogens is 3. The van der Waals surface area contributed by atoms with Crippen molar-refractivity contribution in [2.75, 3.05) is 13.6 Å². The summed E-state index contributed by atoms with van der Waals surface area (Å²) in [5, 5.41) is 8.82. The molecule has 6 heteroatoms. The highest BCUT2D eigenvalue weighted by atomic mass is 19.4. The van der Waals surface area contributed by atoms with Crippen molar-refractivity contribution in [3.8, 4) is 6.07 Å². The molecule has 120 valence electrons. The first kappa shape index (κ1) is 17.0. The number of benzene rings is 1. The highest BCUT2D eigenvalue weighted by Crippen LogP contribution is 2.29. The van der Waals surface area contributed by atoms with Crippen LogP contribution in [-0.4, -0.2) is 23.5 Å². The Hall–Kier alpha value is -2.39. The molecule has 0 saturated carbocycles. The molecule has 0 aliphatic heterocycles. The maximum absolute atomic E-state index is 12.5. The van der Waals surface area contributed by atoms with Crippen LogP contribution in [0.4, 0.5) is 13.2 Å². The largest absolute Gasteiger partial charge is 0.416 e. The fourth-order valence-corrected chi connectivity index (χ4v) is 2.20. The van der Waals surface area contributed by atoms with Gasteiger partial charge in [-0.3, -0.25) is 0 Å². The fourth-order valence-electron chi connectivity index (χ4n) is 2.20. The molecule has 0 saturated heterocycles. The van der Waals surface area contributed by atoms with E-state index in [0.717, 1.165) is 23.3 Å². The predicted octanol–water partition coefficient (Wildman–Crippen LogP) is 3.65. The van der Waals surface area contributed by atoms with Gasteiger partial charge in [0.1, 0.15) is 11.8 Å². The van der Waals surface area contributed by atoms with Gasteiger partial charge in [-0.1, -0.05) is 12.1 Å². The van der Waals surface area contributed by atoms with Crippen molar-refractivity contribution in [2.24, 2.45) is 0 Å². The Labute approximate surface area is 133 Å². The van der Waals surface area contributed by atoms with Crippen molar-refractivity contribution in [3.63, 3.8) is 0 Å². The molecular weight excluding hydrogens is 303 g/mol. The van der Waals surface area contributed by atoms with Gasteiger partial charge in [-0.05, 0) is 48.9 Å². The lowest BCUT2D eigenvalue weighted by molar-refractivity contribution is -0.137. The van der Waals surface area contributed by atoms with Crippen LogP contribution < -0.4 is 0 Å². The third-order valence-corrected chi connectivity index (χ3v) is 3.45. The quantitative estimate of drug-likeness (QED) is 0.844. The zero-order valence-electron chi connectivity index (χ0n) is 12.6. The first-order chi connectivity index (χ1) is 10.9. The van der Waals surface area contributed by atoms with Crippen LogP contribution in [0.25, 0.3) is 0 Å². The normalized spacial score (nSPS) is 11.5. The van der Waals surface area contributed by atoms with E-state index in [2.05, 4.69) is 4.98 Å². The van der Waals surface area contributed by atoms with Crippen LogP contribution in [0.1, 0.15) is 22.4 Å². The summed E-state index contributed by atoms with van der Waals surface area (Å²) in [7, 11) is 1.93. The van der Waals surface area contributed by atoms with Gasteiger partial charge in [0.2, 0.25) is 0 Å². The maximum atomic E-state index is 12.5. The molecule has 2 rings (SSSR count). The Kier molecular flexibility index (Phi) is 5.35. The van der Waals surface area contributed by atoms with Crippen molar-refractivity contribution in [1.82, 2.24) is 9.88 Å². The number of nitrogens with zero attached hydrogens (tertiary/aromatic N) is 3. The van der Waals surface area contributed by atoms with Crippen molar-refractivity contribution >= 4 is 0 Å². The van der Waals surface area contributed by atoms with Gasteiger partial charge in [-0.2, -0.15) is 18.4 Å². The molecule has 1 aromatic heterocycles. The van der Waals surface area contributed by atoms with E-state index < -0.39 is 11.7 Å². The van der Waals surface area contributed by atoms with E-state index in [0.29, 0.717) is 25.2 Å². The molecular formula is C17H16F3N3. The number of aromatic nitrogens is 1. The van der Waals surface area contributed by atoms with E-state index in [4.69, 9.17) is 5.26 Å². The average molecular weight is 319 g/mol. The van der Waals surface area contributed by atoms with Gasteiger partial charge in [0.25, 0.3) is 0 Å². The standard InChI is InChI=1S/C17H16F3N3/c1-23(12-14-6-8-22-16(10-14)11-21)9-7-13-2-4-15(5-3-13)17(18,19)20/h2-6,8,10H,7,9,12H2,1H3. The van der Waals surface area contributed by atoms with Crippen molar-refractivity contribution in [1.29, 1.82) is 5.26 Å². The highest BCUT2D eigenvalue weighted by Gasteiger charge is 2.29. The summed E-state index contributed by atoms with van der Waals surface area (Å²) < 4.78 is 37.5. The minimum Gasteiger partial charge on any atom is -0.302 e. The van der Waals surface area contributed by atoms with Crippen LogP contribution in [0.15, 0.2) is 42.6 Å². The number of hydrogen-bond donors (Lipinski definition) is 0. The summed E-state index contributed by atoms with van der Waals surface area (Å²) in [4.78, 5) is 5.97. The number of pyridine rings is 1. The van der Waals surface area contributed by atoms with Gasteiger partial charge in [0, 0.05) is 19.3 Å². The summed E-state index contributed by atoms with van der Waals surface area (Å²) in [6, 6.07) is 10.8. The van der Waals surface area contributed by atoms with E-state index in [1.54, 1.807) is 12.3 Å². The minimum absolute atomic E-state index is 0.374. The van der Waals surface area contributed by atoms with Gasteiger partial charge in [-0.25, -0.2) is 4.98 Å². The Balaban J connectivity index is 1.89. The van der Waals surface area contributed by atoms with Crippen LogP contribution in [0.2, 0.25) is 0 Å². The van der Waals surface area contributed by atoms with E-state index >= 15 is 0 Å². The van der Waals surface area contributed by atoms with Gasteiger partial charge in [-0.15, -0.1) is 0 Å². The molecule has 0 radical (unpaired) electrons. The Morgan fingerprint density at radius 2 is 1.83 bits per heavy atom. The number of likely N-dealkylation sites (N-methyl/N-ethyl adjacent to an activating group) is 1. The van der Waals surface area contributed by atoms with E-state index in [1.165, 1.54) is 12.1 Å². The Morgan fingerprint density at radius 3 is 2.43 bits per heavy atom. The molecule has 0 fully saturated rings. The monoisotopic (exact) mass is 319 g/mol. The Morgan fingerprint density at radius 1 is 1.13 bits per heavy atom. The average Bonchev–Trinajstić information content (AvgIpc) is 2.52. The molecule has 23 heavy (non-hydrogen) atoms. The first-order valence-electron chi connectivity index (χ1n) is 7.08. The van der Waals surface area contributed by atoms with Crippen LogP contribution in [0, 0.1) is 11.3 Å². The number of alkyl halides is 3. The van der Waals surface area contributed by atoms with Gasteiger partial charge in [0.15, 0.2) is 0 Å². The molecule has 3 nitrogen and oxygen atoms in total. The van der Waals surface area contributed by atoms with Crippen molar-refractivity contribution in [3.05, 3.63) is 65.0 Å². The molecule has 1 aromatic carbocycles. The molecule has 0 spiro atoms. The van der Waals surface area contributed by atoms with Crippen LogP contribution in [0.3, 0.4) is 0 Å². The van der Waals surface area contributed by atoms with Crippen molar-refractivity contribution < 1.29 is 13.2 Å². The Bertz CT molecular complexity index is 687. The summed E-state index contributed by atoms with van der Waals surface area (Å²) in [6.45, 7) is 1.35. The van der Waals surface area contributed by atoms with E-state index in [-0.39, 0.29) is 0 Å². The fraction of sp³-hybridized carbons (Fsp3) is 0.294. The van der Waals surface area contributed by atoms with Gasteiger partial charge >= 0.3 is 6.18 Å². The lowest BCUT2D eigenvalue weighted by atomic mass is 10.1. The number of nitriles is 1. The molecule has 0 N–H and O–H groups in total. The topological polar surface area (TPSA) is 39.9 Å². The summed E-state index contributed by atoms with van der Waals surface area (Å²) in [6.07, 6.45) is -2.04. The van der Waals surface area contributed by atoms with Crippen LogP contribution in [0.5, 0.6) is 0 Å². The zero-order valence-corrected chi connectivity index (χ0v) is 12.6. The van der Waals surface area contributed by atoms with Crippen LogP contribution >= 0.6 is 0 Å². The lowest BCUT2D eigenvalue weighted by Gasteiger charge is -2.17. The highest BCUT2D eigenvalue weighted by molar-refractivity contribution is 5.26. The molecule has 2 aromatic rings. The second kappa shape index (κ2) is 7.25. The molecule has 0 aliphatic rings. The summed E-state index contributed by atoms with van der Waals surface area (Å²) >= 11 is 0. The number of rotatable bonds is 5. The van der Waals surface area contributed by atoms with Gasteiger partial charge in [0.05, 0.1) is 5.56 Å². The zero-order chi connectivity index (χ0) is 16.9. The molecule has 0 amide bonds. The predicted molar refractivity (Wildman–Crippen MR) is 80.4 cm³/mol. The molecule has 0 bridgehead atoms.